The molecule has 0 aliphatic carbocycles. The van der Waals surface area contributed by atoms with E-state index in [-0.39, 0.29) is 6.04 Å². The Kier molecular flexibility index (Phi) is 6.06. The number of hydrogen-bond donors (Lipinski definition) is 0. The lowest BCUT2D eigenvalue weighted by Crippen LogP contribution is -2.44. The molecule has 15 heavy (non-hydrogen) atoms. The third kappa shape index (κ3) is 4.46. The Labute approximate surface area is 92.3 Å². The Morgan fingerprint density at radius 2 is 2.33 bits per heavy atom. The number of allylic oxidation sites excluding steroid dienone is 1. The van der Waals surface area contributed by atoms with Gasteiger partial charge in [-0.1, -0.05) is 12.5 Å². The van der Waals surface area contributed by atoms with Crippen molar-refractivity contribution in [3.05, 3.63) is 12.7 Å². The van der Waals surface area contributed by atoms with E-state index < -0.39 is 0 Å². The van der Waals surface area contributed by atoms with Gasteiger partial charge in [-0.15, -0.1) is 6.58 Å². The summed E-state index contributed by atoms with van der Waals surface area (Å²) in [4.78, 5) is 2.23. The zero-order valence-electron chi connectivity index (χ0n) is 9.32. The normalized spacial score (nSPS) is 22.2. The van der Waals surface area contributed by atoms with Gasteiger partial charge in [0.05, 0.1) is 19.3 Å². The van der Waals surface area contributed by atoms with Crippen LogP contribution in [-0.4, -0.2) is 37.2 Å². The van der Waals surface area contributed by atoms with Crippen molar-refractivity contribution in [3.8, 4) is 6.07 Å². The summed E-state index contributed by atoms with van der Waals surface area (Å²) < 4.78 is 5.27. The summed E-state index contributed by atoms with van der Waals surface area (Å²) in [5.74, 6) is 0. The maximum atomic E-state index is 8.92. The Morgan fingerprint density at radius 3 is 3.07 bits per heavy atom. The second-order valence-corrected chi connectivity index (χ2v) is 3.89. The highest BCUT2D eigenvalue weighted by Crippen LogP contribution is 2.09. The summed E-state index contributed by atoms with van der Waals surface area (Å²) in [7, 11) is 0. The van der Waals surface area contributed by atoms with E-state index in [9.17, 15) is 0 Å². The van der Waals surface area contributed by atoms with Crippen LogP contribution in [0, 0.1) is 11.3 Å². The summed E-state index contributed by atoms with van der Waals surface area (Å²) in [6.45, 7) is 6.97. The lowest BCUT2D eigenvalue weighted by molar-refractivity contribution is 0.0122. The predicted molar refractivity (Wildman–Crippen MR) is 60.5 cm³/mol. The average molecular weight is 208 g/mol. The number of hydrogen-bond acceptors (Lipinski definition) is 3. The molecule has 3 nitrogen and oxygen atoms in total. The van der Waals surface area contributed by atoms with E-state index in [4.69, 9.17) is 10.00 Å². The van der Waals surface area contributed by atoms with E-state index in [1.807, 2.05) is 6.08 Å². The van der Waals surface area contributed by atoms with Gasteiger partial charge in [0.25, 0.3) is 0 Å². The molecule has 1 heterocycles. The lowest BCUT2D eigenvalue weighted by atomic mass is 10.1. The molecule has 1 atom stereocenters. The van der Waals surface area contributed by atoms with E-state index in [1.165, 1.54) is 19.3 Å². The van der Waals surface area contributed by atoms with Crippen LogP contribution < -0.4 is 0 Å². The molecule has 0 bridgehead atoms. The molecule has 1 rings (SSSR count). The molecule has 0 aromatic carbocycles. The summed E-state index contributed by atoms with van der Waals surface area (Å²) in [6.07, 6.45) is 6.68. The Morgan fingerprint density at radius 1 is 1.47 bits per heavy atom. The van der Waals surface area contributed by atoms with Crippen molar-refractivity contribution in [2.24, 2.45) is 0 Å². The Bertz CT molecular complexity index is 222. The fourth-order valence-electron chi connectivity index (χ4n) is 1.80. The molecule has 0 N–H and O–H groups in total. The maximum Gasteiger partial charge on any atom is 0.121 e. The first-order chi connectivity index (χ1) is 7.38. The number of unbranched alkanes of at least 4 members (excludes halogenated alkanes) is 3. The van der Waals surface area contributed by atoms with Crippen LogP contribution >= 0.6 is 0 Å². The maximum absolute atomic E-state index is 8.92. The van der Waals surface area contributed by atoms with E-state index >= 15 is 0 Å². The zero-order valence-corrected chi connectivity index (χ0v) is 9.32. The molecule has 0 saturated carbocycles. The van der Waals surface area contributed by atoms with Crippen LogP contribution in [0.3, 0.4) is 0 Å². The average Bonchev–Trinajstić information content (AvgIpc) is 2.29. The number of morpholine rings is 1. The van der Waals surface area contributed by atoms with E-state index in [2.05, 4.69) is 17.5 Å². The van der Waals surface area contributed by atoms with Crippen molar-refractivity contribution in [1.82, 2.24) is 4.90 Å². The first kappa shape index (κ1) is 12.2. The molecule has 0 radical (unpaired) electrons. The van der Waals surface area contributed by atoms with Crippen LogP contribution in [0.4, 0.5) is 0 Å². The van der Waals surface area contributed by atoms with Gasteiger partial charge in [0, 0.05) is 6.54 Å². The second kappa shape index (κ2) is 7.44. The van der Waals surface area contributed by atoms with Gasteiger partial charge in [0.2, 0.25) is 0 Å². The number of rotatable bonds is 6. The first-order valence-electron chi connectivity index (χ1n) is 5.71. The van der Waals surface area contributed by atoms with Crippen molar-refractivity contribution in [1.29, 1.82) is 5.26 Å². The topological polar surface area (TPSA) is 36.3 Å². The molecule has 0 spiro atoms. The van der Waals surface area contributed by atoms with E-state index in [0.717, 1.165) is 26.1 Å². The van der Waals surface area contributed by atoms with Gasteiger partial charge >= 0.3 is 0 Å². The molecule has 0 aromatic heterocycles. The van der Waals surface area contributed by atoms with Crippen LogP contribution in [-0.2, 0) is 4.74 Å². The highest BCUT2D eigenvalue weighted by molar-refractivity contribution is 4.93. The minimum atomic E-state index is -0.0295. The van der Waals surface area contributed by atoms with Gasteiger partial charge < -0.3 is 4.74 Å². The standard InChI is InChI=1S/C12H20N2O/c1-2-3-4-5-6-7-14-8-9-15-11-12(14)10-13/h2,12H,1,3-9,11H2. The molecule has 1 fully saturated rings. The van der Waals surface area contributed by atoms with Crippen LogP contribution in [0.15, 0.2) is 12.7 Å². The number of nitrogens with zero attached hydrogens (tertiary/aromatic N) is 2. The summed E-state index contributed by atoms with van der Waals surface area (Å²) in [5, 5.41) is 8.92. The number of nitriles is 1. The third-order valence-corrected chi connectivity index (χ3v) is 2.74. The van der Waals surface area contributed by atoms with Gasteiger partial charge in [-0.25, -0.2) is 0 Å². The Balaban J connectivity index is 2.13. The molecule has 1 aliphatic rings. The van der Waals surface area contributed by atoms with Crippen LogP contribution in [0.25, 0.3) is 0 Å². The highest BCUT2D eigenvalue weighted by atomic mass is 16.5. The summed E-state index contributed by atoms with van der Waals surface area (Å²) in [5.41, 5.74) is 0. The van der Waals surface area contributed by atoms with Gasteiger partial charge in [-0.2, -0.15) is 5.26 Å². The van der Waals surface area contributed by atoms with Crippen molar-refractivity contribution in [3.63, 3.8) is 0 Å². The first-order valence-corrected chi connectivity index (χ1v) is 5.71. The SMILES string of the molecule is C=CCCCCCN1CCOCC1C#N. The van der Waals surface area contributed by atoms with Crippen LogP contribution in [0.5, 0.6) is 0 Å². The van der Waals surface area contributed by atoms with Gasteiger partial charge in [0.1, 0.15) is 6.04 Å². The summed E-state index contributed by atoms with van der Waals surface area (Å²) >= 11 is 0. The van der Waals surface area contributed by atoms with Gasteiger partial charge in [0.15, 0.2) is 0 Å². The fraction of sp³-hybridized carbons (Fsp3) is 0.750. The van der Waals surface area contributed by atoms with Crippen molar-refractivity contribution in [2.45, 2.75) is 31.7 Å². The quantitative estimate of drug-likeness (QED) is 0.494. The summed E-state index contributed by atoms with van der Waals surface area (Å²) in [6, 6.07) is 2.26. The smallest absolute Gasteiger partial charge is 0.121 e. The van der Waals surface area contributed by atoms with Crippen molar-refractivity contribution < 1.29 is 4.74 Å². The fourth-order valence-corrected chi connectivity index (χ4v) is 1.80. The molecular weight excluding hydrogens is 188 g/mol. The predicted octanol–water partition coefficient (Wildman–Crippen LogP) is 1.96. The molecule has 0 aromatic rings. The zero-order chi connectivity index (χ0) is 10.9. The van der Waals surface area contributed by atoms with Crippen molar-refractivity contribution >= 4 is 0 Å². The van der Waals surface area contributed by atoms with E-state index in [1.54, 1.807) is 0 Å². The van der Waals surface area contributed by atoms with E-state index in [0.29, 0.717) is 6.61 Å². The molecule has 84 valence electrons. The van der Waals surface area contributed by atoms with Crippen molar-refractivity contribution in [2.75, 3.05) is 26.3 Å². The van der Waals surface area contributed by atoms with Gasteiger partial charge in [-0.05, 0) is 25.8 Å². The molecule has 1 unspecified atom stereocenters. The van der Waals surface area contributed by atoms with Gasteiger partial charge in [-0.3, -0.25) is 4.90 Å². The van der Waals surface area contributed by atoms with Crippen LogP contribution in [0.2, 0.25) is 0 Å². The second-order valence-electron chi connectivity index (χ2n) is 3.89. The molecular formula is C12H20N2O. The molecule has 1 aliphatic heterocycles. The Hall–Kier alpha value is -0.850. The van der Waals surface area contributed by atoms with Crippen LogP contribution in [0.1, 0.15) is 25.7 Å². The largest absolute Gasteiger partial charge is 0.377 e. The molecule has 3 heteroatoms. The minimum Gasteiger partial charge on any atom is -0.377 e. The lowest BCUT2D eigenvalue weighted by Gasteiger charge is -2.31. The minimum absolute atomic E-state index is 0.0295. The monoisotopic (exact) mass is 208 g/mol. The molecule has 0 amide bonds. The highest BCUT2D eigenvalue weighted by Gasteiger charge is 2.21. The molecule has 1 saturated heterocycles. The number of ether oxygens (including phenoxy) is 1. The third-order valence-electron chi connectivity index (χ3n) is 2.74.